The largest absolute Gasteiger partial charge is 0.417 e. The Morgan fingerprint density at radius 2 is 1.44 bits per heavy atom. The van der Waals surface area contributed by atoms with Gasteiger partial charge in [-0.1, -0.05) is 19.1 Å². The number of hydrogen-bond donors (Lipinski definition) is 1. The Bertz CT molecular complexity index is 1470. The highest BCUT2D eigenvalue weighted by Gasteiger charge is 2.32. The van der Waals surface area contributed by atoms with Gasteiger partial charge in [0.15, 0.2) is 0 Å². The van der Waals surface area contributed by atoms with Gasteiger partial charge in [-0.3, -0.25) is 4.90 Å². The molecule has 0 saturated carbocycles. The van der Waals surface area contributed by atoms with Crippen molar-refractivity contribution in [1.29, 1.82) is 0 Å². The summed E-state index contributed by atoms with van der Waals surface area (Å²) >= 11 is 0. The summed E-state index contributed by atoms with van der Waals surface area (Å²) in [5.74, 6) is 0.330. The molecule has 13 heteroatoms. The third-order valence-electron chi connectivity index (χ3n) is 7.07. The first-order chi connectivity index (χ1) is 19.5. The number of piperazine rings is 1. The highest BCUT2D eigenvalue weighted by Crippen LogP contribution is 2.38. The summed E-state index contributed by atoms with van der Waals surface area (Å²) in [4.78, 5) is 13.7. The number of aromatic nitrogens is 4. The Morgan fingerprint density at radius 1 is 0.805 bits per heavy atom. The average Bonchev–Trinajstić information content (AvgIpc) is 3.32. The predicted molar refractivity (Wildman–Crippen MR) is 143 cm³/mol. The van der Waals surface area contributed by atoms with Crippen molar-refractivity contribution in [3.63, 3.8) is 0 Å². The molecule has 1 fully saturated rings. The van der Waals surface area contributed by atoms with Crippen LogP contribution in [0, 0.1) is 0 Å². The number of benzene rings is 1. The smallest absolute Gasteiger partial charge is 0.353 e. The van der Waals surface area contributed by atoms with Crippen LogP contribution >= 0.6 is 0 Å². The van der Waals surface area contributed by atoms with Gasteiger partial charge in [0.05, 0.1) is 27.9 Å². The molecule has 0 spiro atoms. The molecule has 0 aliphatic carbocycles. The summed E-state index contributed by atoms with van der Waals surface area (Å²) in [5.41, 5.74) is -0.156. The second-order valence-corrected chi connectivity index (χ2v) is 9.92. The molecule has 5 rings (SSSR count). The van der Waals surface area contributed by atoms with E-state index >= 15 is 0 Å². The molecule has 0 bridgehead atoms. The van der Waals surface area contributed by atoms with E-state index in [1.807, 2.05) is 0 Å². The topological polar surface area (TPSA) is 61.6 Å². The maximum Gasteiger partial charge on any atom is 0.417 e. The third-order valence-corrected chi connectivity index (χ3v) is 7.07. The van der Waals surface area contributed by atoms with E-state index in [1.54, 1.807) is 6.07 Å². The number of pyridine rings is 1. The summed E-state index contributed by atoms with van der Waals surface area (Å²) in [6.07, 6.45) is -5.61. The number of fused-ring (bicyclic) bond motifs is 1. The zero-order valence-corrected chi connectivity index (χ0v) is 22.3. The van der Waals surface area contributed by atoms with E-state index in [2.05, 4.69) is 37.1 Å². The van der Waals surface area contributed by atoms with Crippen molar-refractivity contribution in [2.75, 3.05) is 51.1 Å². The van der Waals surface area contributed by atoms with Gasteiger partial charge < -0.3 is 10.2 Å². The van der Waals surface area contributed by atoms with Crippen molar-refractivity contribution in [2.45, 2.75) is 25.7 Å². The highest BCUT2D eigenvalue weighted by molar-refractivity contribution is 5.91. The van der Waals surface area contributed by atoms with Gasteiger partial charge in [-0.05, 0) is 43.3 Å². The number of alkyl halides is 6. The first-order valence-corrected chi connectivity index (χ1v) is 13.3. The van der Waals surface area contributed by atoms with Gasteiger partial charge in [0.2, 0.25) is 5.95 Å². The molecule has 1 aliphatic heterocycles. The zero-order valence-electron chi connectivity index (χ0n) is 22.3. The minimum Gasteiger partial charge on any atom is -0.353 e. The van der Waals surface area contributed by atoms with Gasteiger partial charge in [0, 0.05) is 57.2 Å². The standard InChI is InChI=1S/C28H29F6N7/c1-2-12-39-14-16-40(17-15-39)13-11-36-26-35-10-9-22(37-26)24-23-8-7-21(28(32,33)34)18-41(23)38-25(24)19-3-5-20(6-4-19)27(29,30)31/h3-10,18H,2,11-17H2,1H3,(H,35,36,37). The molecular weight excluding hydrogens is 548 g/mol. The van der Waals surface area contributed by atoms with Crippen LogP contribution < -0.4 is 5.32 Å². The van der Waals surface area contributed by atoms with Crippen molar-refractivity contribution in [2.24, 2.45) is 0 Å². The molecule has 0 radical (unpaired) electrons. The van der Waals surface area contributed by atoms with E-state index in [4.69, 9.17) is 0 Å². The highest BCUT2D eigenvalue weighted by atomic mass is 19.4. The zero-order chi connectivity index (χ0) is 29.2. The molecule has 1 aliphatic rings. The minimum absolute atomic E-state index is 0.202. The third kappa shape index (κ3) is 6.62. The number of nitrogens with one attached hydrogen (secondary N) is 1. The van der Waals surface area contributed by atoms with Crippen molar-refractivity contribution < 1.29 is 26.3 Å². The van der Waals surface area contributed by atoms with E-state index < -0.39 is 23.5 Å². The van der Waals surface area contributed by atoms with Crippen LogP contribution in [0.15, 0.2) is 54.9 Å². The summed E-state index contributed by atoms with van der Waals surface area (Å²) in [7, 11) is 0. The Morgan fingerprint density at radius 3 is 2.07 bits per heavy atom. The van der Waals surface area contributed by atoms with Crippen LogP contribution in [0.2, 0.25) is 0 Å². The Labute approximate surface area is 232 Å². The molecule has 0 unspecified atom stereocenters. The van der Waals surface area contributed by atoms with Gasteiger partial charge in [-0.15, -0.1) is 0 Å². The van der Waals surface area contributed by atoms with Crippen molar-refractivity contribution in [3.8, 4) is 22.5 Å². The lowest BCUT2D eigenvalue weighted by molar-refractivity contribution is -0.138. The molecule has 4 aromatic rings. The van der Waals surface area contributed by atoms with Crippen molar-refractivity contribution in [3.05, 3.63) is 66.0 Å². The Hall–Kier alpha value is -3.71. The van der Waals surface area contributed by atoms with Crippen LogP contribution in [-0.4, -0.2) is 75.2 Å². The normalized spacial score (nSPS) is 15.5. The second-order valence-electron chi connectivity index (χ2n) is 9.92. The van der Waals surface area contributed by atoms with Crippen LogP contribution in [-0.2, 0) is 12.4 Å². The maximum atomic E-state index is 13.4. The molecule has 0 amide bonds. The summed E-state index contributed by atoms with van der Waals surface area (Å²) in [6, 6.07) is 8.15. The lowest BCUT2D eigenvalue weighted by atomic mass is 10.0. The lowest BCUT2D eigenvalue weighted by Gasteiger charge is -2.34. The number of nitrogens with zero attached hydrogens (tertiary/aromatic N) is 6. The van der Waals surface area contributed by atoms with E-state index in [9.17, 15) is 26.3 Å². The fourth-order valence-electron chi connectivity index (χ4n) is 4.95. The summed E-state index contributed by atoms with van der Waals surface area (Å²) < 4.78 is 80.7. The van der Waals surface area contributed by atoms with E-state index in [0.717, 1.165) is 74.6 Å². The molecule has 1 N–H and O–H groups in total. The van der Waals surface area contributed by atoms with Gasteiger partial charge in [-0.25, -0.2) is 14.5 Å². The first kappa shape index (κ1) is 28.8. The SMILES string of the molecule is CCCN1CCN(CCNc2nccc(-c3c(-c4ccc(C(F)(F)F)cc4)nn4cc(C(F)(F)F)ccc34)n2)CC1. The average molecular weight is 578 g/mol. The van der Waals surface area contributed by atoms with Crippen LogP contribution in [0.25, 0.3) is 28.0 Å². The fraction of sp³-hybridized carbons (Fsp3) is 0.393. The maximum absolute atomic E-state index is 13.4. The first-order valence-electron chi connectivity index (χ1n) is 13.3. The van der Waals surface area contributed by atoms with Crippen LogP contribution in [0.3, 0.4) is 0 Å². The number of rotatable bonds is 8. The summed E-state index contributed by atoms with van der Waals surface area (Å²) in [5, 5.41) is 7.55. The van der Waals surface area contributed by atoms with E-state index in [0.29, 0.717) is 34.8 Å². The number of hydrogen-bond acceptors (Lipinski definition) is 6. The second kappa shape index (κ2) is 11.6. The fourth-order valence-corrected chi connectivity index (χ4v) is 4.95. The van der Waals surface area contributed by atoms with E-state index in [1.165, 1.54) is 24.4 Å². The number of anilines is 1. The van der Waals surface area contributed by atoms with Crippen LogP contribution in [0.5, 0.6) is 0 Å². The molecule has 41 heavy (non-hydrogen) atoms. The quantitative estimate of drug-likeness (QED) is 0.262. The lowest BCUT2D eigenvalue weighted by Crippen LogP contribution is -2.47. The van der Waals surface area contributed by atoms with Crippen LogP contribution in [0.1, 0.15) is 24.5 Å². The van der Waals surface area contributed by atoms with Crippen molar-refractivity contribution >= 4 is 11.5 Å². The molecule has 3 aromatic heterocycles. The van der Waals surface area contributed by atoms with Gasteiger partial charge in [-0.2, -0.15) is 31.4 Å². The van der Waals surface area contributed by atoms with Crippen LogP contribution in [0.4, 0.5) is 32.3 Å². The van der Waals surface area contributed by atoms with Gasteiger partial charge >= 0.3 is 12.4 Å². The summed E-state index contributed by atoms with van der Waals surface area (Å²) in [6.45, 7) is 8.65. The minimum atomic E-state index is -4.59. The molecule has 1 saturated heterocycles. The molecular formula is C28H29F6N7. The van der Waals surface area contributed by atoms with Gasteiger partial charge in [0.25, 0.3) is 0 Å². The van der Waals surface area contributed by atoms with Gasteiger partial charge in [0.1, 0.15) is 5.69 Å². The monoisotopic (exact) mass is 577 g/mol. The Kier molecular flexibility index (Phi) is 8.18. The predicted octanol–water partition coefficient (Wildman–Crippen LogP) is 5.94. The molecule has 218 valence electrons. The Balaban J connectivity index is 1.43. The molecule has 7 nitrogen and oxygen atoms in total. The molecule has 1 aromatic carbocycles. The molecule has 4 heterocycles. The van der Waals surface area contributed by atoms with Crippen molar-refractivity contribution in [1.82, 2.24) is 29.4 Å². The molecule has 0 atom stereocenters. The number of halogens is 6. The van der Waals surface area contributed by atoms with E-state index in [-0.39, 0.29) is 5.69 Å².